The number of hydrogen-bond donors (Lipinski definition) is 2. The minimum atomic E-state index is -0.0731. The number of nitrogens with zero attached hydrogens (tertiary/aromatic N) is 3. The average molecular weight is 664 g/mol. The highest BCUT2D eigenvalue weighted by atomic mass is 32.2. The van der Waals surface area contributed by atoms with Crippen molar-refractivity contribution >= 4 is 59.0 Å². The topological polar surface area (TPSA) is 57.9 Å². The SMILES string of the molecule is COc1cccc(OC)c1-c1ccc2c(c1)SC(=Cc1cc(N(C)CCCC(=O)NS)[n+](Cc3ccccc3)c3ccccc13)N2C. The number of carbonyl (C=O) groups excluding carboxylic acids is 1. The van der Waals surface area contributed by atoms with Crippen molar-refractivity contribution in [2.24, 2.45) is 0 Å². The second-order valence-electron chi connectivity index (χ2n) is 11.5. The molecule has 9 heteroatoms. The van der Waals surface area contributed by atoms with E-state index in [0.29, 0.717) is 12.8 Å². The molecule has 1 N–H and O–H groups in total. The van der Waals surface area contributed by atoms with Crippen LogP contribution in [0, 0.1) is 0 Å². The number of fused-ring (bicyclic) bond motifs is 2. The summed E-state index contributed by atoms with van der Waals surface area (Å²) in [4.78, 5) is 17.6. The number of pyridine rings is 1. The van der Waals surface area contributed by atoms with E-state index in [-0.39, 0.29) is 5.91 Å². The minimum Gasteiger partial charge on any atom is -0.496 e. The van der Waals surface area contributed by atoms with Crippen molar-refractivity contribution in [3.8, 4) is 22.6 Å². The first-order valence-corrected chi connectivity index (χ1v) is 16.8. The van der Waals surface area contributed by atoms with E-state index in [2.05, 4.69) is 125 Å². The Balaban J connectivity index is 1.41. The van der Waals surface area contributed by atoms with Crippen LogP contribution in [-0.2, 0) is 11.3 Å². The summed E-state index contributed by atoms with van der Waals surface area (Å²) in [6.45, 7) is 1.45. The summed E-state index contributed by atoms with van der Waals surface area (Å²) in [5, 5.41) is 2.31. The highest BCUT2D eigenvalue weighted by molar-refractivity contribution is 8.03. The normalized spacial score (nSPS) is 13.1. The number of anilines is 2. The van der Waals surface area contributed by atoms with E-state index in [4.69, 9.17) is 9.47 Å². The number of amides is 1. The van der Waals surface area contributed by atoms with Crippen molar-refractivity contribution in [1.82, 2.24) is 4.72 Å². The number of benzene rings is 4. The smallest absolute Gasteiger partial charge is 0.277 e. The van der Waals surface area contributed by atoms with E-state index in [1.165, 1.54) is 15.8 Å². The first-order chi connectivity index (χ1) is 22.9. The molecule has 2 heterocycles. The zero-order valence-corrected chi connectivity index (χ0v) is 28.8. The predicted molar refractivity (Wildman–Crippen MR) is 197 cm³/mol. The van der Waals surface area contributed by atoms with Crippen LogP contribution >= 0.6 is 24.6 Å². The van der Waals surface area contributed by atoms with E-state index < -0.39 is 0 Å². The molecular formula is C38H39N4O3S2+. The lowest BCUT2D eigenvalue weighted by Gasteiger charge is -2.20. The van der Waals surface area contributed by atoms with Crippen molar-refractivity contribution in [3.05, 3.63) is 113 Å². The summed E-state index contributed by atoms with van der Waals surface area (Å²) in [6, 6.07) is 33.8. The van der Waals surface area contributed by atoms with Crippen LogP contribution in [0.2, 0.25) is 0 Å². The van der Waals surface area contributed by atoms with Crippen molar-refractivity contribution in [3.63, 3.8) is 0 Å². The zero-order chi connectivity index (χ0) is 32.9. The van der Waals surface area contributed by atoms with Gasteiger partial charge in [0.15, 0.2) is 0 Å². The van der Waals surface area contributed by atoms with Gasteiger partial charge in [-0.25, -0.2) is 4.57 Å². The van der Waals surface area contributed by atoms with Gasteiger partial charge in [-0.3, -0.25) is 9.69 Å². The summed E-state index contributed by atoms with van der Waals surface area (Å²) in [5.74, 6) is 2.56. The van der Waals surface area contributed by atoms with Gasteiger partial charge in [0.05, 0.1) is 44.1 Å². The second-order valence-corrected chi connectivity index (χ2v) is 12.8. The predicted octanol–water partition coefficient (Wildman–Crippen LogP) is 7.58. The Kier molecular flexibility index (Phi) is 9.94. The van der Waals surface area contributed by atoms with Crippen LogP contribution in [0.5, 0.6) is 11.5 Å². The highest BCUT2D eigenvalue weighted by Gasteiger charge is 2.26. The minimum absolute atomic E-state index is 0.0731. The average Bonchev–Trinajstić information content (AvgIpc) is 3.42. The maximum Gasteiger partial charge on any atom is 0.277 e. The number of rotatable bonds is 11. The fraction of sp³-hybridized carbons (Fsp3) is 0.211. The number of aromatic nitrogens is 1. The molecule has 0 unspecified atom stereocenters. The highest BCUT2D eigenvalue weighted by Crippen LogP contribution is 2.49. The molecule has 0 bridgehead atoms. The molecule has 6 rings (SSSR count). The third-order valence-corrected chi connectivity index (χ3v) is 9.92. The molecule has 1 aromatic heterocycles. The van der Waals surface area contributed by atoms with Crippen molar-refractivity contribution in [1.29, 1.82) is 0 Å². The first kappa shape index (κ1) is 32.3. The molecule has 1 amide bonds. The number of carbonyl (C=O) groups is 1. The maximum atomic E-state index is 11.9. The lowest BCUT2D eigenvalue weighted by Crippen LogP contribution is -2.42. The molecule has 0 spiro atoms. The molecular weight excluding hydrogens is 625 g/mol. The monoisotopic (exact) mass is 663 g/mol. The first-order valence-electron chi connectivity index (χ1n) is 15.5. The fourth-order valence-electron chi connectivity index (χ4n) is 6.11. The number of ether oxygens (including phenoxy) is 2. The quantitative estimate of drug-likeness (QED) is 0.112. The van der Waals surface area contributed by atoms with Crippen LogP contribution in [-0.4, -0.2) is 40.8 Å². The lowest BCUT2D eigenvalue weighted by molar-refractivity contribution is -0.649. The van der Waals surface area contributed by atoms with E-state index >= 15 is 0 Å². The summed E-state index contributed by atoms with van der Waals surface area (Å²) < 4.78 is 16.2. The van der Waals surface area contributed by atoms with Crippen LogP contribution in [0.3, 0.4) is 0 Å². The number of thioether (sulfide) groups is 1. The zero-order valence-electron chi connectivity index (χ0n) is 27.1. The molecule has 0 saturated carbocycles. The molecule has 4 aromatic carbocycles. The Bertz CT molecular complexity index is 1930. The maximum absolute atomic E-state index is 11.9. The Morgan fingerprint density at radius 2 is 1.68 bits per heavy atom. The largest absolute Gasteiger partial charge is 0.496 e. The van der Waals surface area contributed by atoms with Gasteiger partial charge >= 0.3 is 0 Å². The summed E-state index contributed by atoms with van der Waals surface area (Å²) >= 11 is 5.68. The van der Waals surface area contributed by atoms with Gasteiger partial charge in [0, 0.05) is 29.8 Å². The van der Waals surface area contributed by atoms with Gasteiger partial charge in [0.25, 0.3) is 5.82 Å². The molecule has 5 aromatic rings. The van der Waals surface area contributed by atoms with Gasteiger partial charge < -0.3 is 19.1 Å². The Morgan fingerprint density at radius 1 is 0.957 bits per heavy atom. The van der Waals surface area contributed by atoms with E-state index in [1.54, 1.807) is 26.0 Å². The third kappa shape index (κ3) is 6.77. The van der Waals surface area contributed by atoms with Crippen LogP contribution in [0.25, 0.3) is 28.1 Å². The molecule has 0 radical (unpaired) electrons. The van der Waals surface area contributed by atoms with Crippen LogP contribution in [0.15, 0.2) is 107 Å². The van der Waals surface area contributed by atoms with Gasteiger partial charge in [-0.1, -0.05) is 85.2 Å². The Morgan fingerprint density at radius 3 is 2.40 bits per heavy atom. The second kappa shape index (κ2) is 14.4. The number of thiol groups is 1. The molecule has 0 aliphatic carbocycles. The number of para-hydroxylation sites is 1. The van der Waals surface area contributed by atoms with Crippen LogP contribution < -0.4 is 28.6 Å². The van der Waals surface area contributed by atoms with Crippen LogP contribution in [0.4, 0.5) is 11.5 Å². The van der Waals surface area contributed by atoms with E-state index in [0.717, 1.165) is 63.3 Å². The number of nitrogens with one attached hydrogen (secondary N) is 1. The van der Waals surface area contributed by atoms with Crippen molar-refractivity contribution < 1.29 is 18.8 Å². The number of methoxy groups -OCH3 is 2. The molecule has 0 saturated heterocycles. The number of hydrogen-bond acceptors (Lipinski definition) is 7. The summed E-state index contributed by atoms with van der Waals surface area (Å²) in [6.07, 6.45) is 3.42. The third-order valence-electron chi connectivity index (χ3n) is 8.53. The van der Waals surface area contributed by atoms with Gasteiger partial charge in [0.2, 0.25) is 5.91 Å². The molecule has 1 aliphatic rings. The van der Waals surface area contributed by atoms with Gasteiger partial charge in [-0.2, -0.15) is 0 Å². The van der Waals surface area contributed by atoms with Crippen molar-refractivity contribution in [2.75, 3.05) is 44.7 Å². The lowest BCUT2D eigenvalue weighted by atomic mass is 10.0. The molecule has 0 fully saturated rings. The van der Waals surface area contributed by atoms with Crippen LogP contribution in [0.1, 0.15) is 24.0 Å². The molecule has 1 aliphatic heterocycles. The Labute approximate surface area is 286 Å². The van der Waals surface area contributed by atoms with Gasteiger partial charge in [-0.05, 0) is 59.5 Å². The molecule has 240 valence electrons. The standard InChI is InChI=1S/C38H38N4O3S2/c1-40(21-11-18-35(43)39-46)36-23-28(29-14-8-9-15-30(29)42(36)25-26-12-6-5-7-13-26)24-37-41(2)31-20-19-27(22-34(31)47-37)38-32(44-3)16-10-17-33(38)45-4/h5-10,12-17,19-20,22-24H,11,18,21,25H2,1-4H3,(H-,39,43,46)/p+1. The van der Waals surface area contributed by atoms with Gasteiger partial charge in [0.1, 0.15) is 23.6 Å². The van der Waals surface area contributed by atoms with E-state index in [1.807, 2.05) is 24.3 Å². The van der Waals surface area contributed by atoms with Crippen molar-refractivity contribution in [2.45, 2.75) is 24.3 Å². The van der Waals surface area contributed by atoms with E-state index in [9.17, 15) is 4.79 Å². The van der Waals surface area contributed by atoms with Gasteiger partial charge in [-0.15, -0.1) is 0 Å². The fourth-order valence-corrected chi connectivity index (χ4v) is 7.36. The molecule has 47 heavy (non-hydrogen) atoms. The molecule has 0 atom stereocenters. The Hall–Kier alpha value is -4.60. The summed E-state index contributed by atoms with van der Waals surface area (Å²) in [5.41, 5.74) is 6.64. The summed E-state index contributed by atoms with van der Waals surface area (Å²) in [7, 11) is 7.59. The molecule has 7 nitrogen and oxygen atoms in total.